The van der Waals surface area contributed by atoms with Crippen LogP contribution in [0, 0.1) is 3.57 Å². The highest BCUT2D eigenvalue weighted by Crippen LogP contribution is 2.29. The Bertz CT molecular complexity index is 1390. The first-order chi connectivity index (χ1) is 16.7. The van der Waals surface area contributed by atoms with Crippen LogP contribution in [-0.2, 0) is 16.2 Å². The molecule has 4 rings (SSSR count). The minimum atomic E-state index is -1.15. The monoisotopic (exact) mass is 662 g/mol. The van der Waals surface area contributed by atoms with Gasteiger partial charge < -0.3 is 9.84 Å². The molecule has 0 unspecified atom stereocenters. The molecule has 2 N–H and O–H groups in total. The van der Waals surface area contributed by atoms with Crippen LogP contribution in [0.4, 0.5) is 5.69 Å². The lowest BCUT2D eigenvalue weighted by molar-refractivity contribution is -0.122. The summed E-state index contributed by atoms with van der Waals surface area (Å²) in [5.74, 6) is -2.00. The number of carbonyl (C=O) groups is 3. The van der Waals surface area contributed by atoms with Crippen LogP contribution >= 0.6 is 50.7 Å². The smallest absolute Gasteiger partial charge is 0.335 e. The standard InChI is InChI=1S/C25H16BrIN2O5S/c26-17-6-9-21(34-13-14-4-7-18(27)8-5-14)16(10-17)12-20-22(30)28-25(35)29(23(20)31)19-3-1-2-15(11-19)24(32)33/h1-12H,13H2,(H,32,33)(H,28,30,35). The summed E-state index contributed by atoms with van der Waals surface area (Å²) in [6, 6.07) is 18.9. The van der Waals surface area contributed by atoms with Crippen molar-refractivity contribution < 1.29 is 24.2 Å². The molecule has 35 heavy (non-hydrogen) atoms. The number of nitrogens with zero attached hydrogens (tertiary/aromatic N) is 1. The average Bonchev–Trinajstić information content (AvgIpc) is 2.82. The fourth-order valence-corrected chi connectivity index (χ4v) is 4.35. The molecule has 10 heteroatoms. The van der Waals surface area contributed by atoms with E-state index in [2.05, 4.69) is 43.8 Å². The van der Waals surface area contributed by atoms with Gasteiger partial charge in [-0.05, 0) is 95.0 Å². The van der Waals surface area contributed by atoms with Gasteiger partial charge in [-0.2, -0.15) is 0 Å². The van der Waals surface area contributed by atoms with Gasteiger partial charge >= 0.3 is 5.97 Å². The van der Waals surface area contributed by atoms with Crippen LogP contribution in [0.3, 0.4) is 0 Å². The highest BCUT2D eigenvalue weighted by molar-refractivity contribution is 14.1. The molecule has 0 aromatic heterocycles. The Morgan fingerprint density at radius 2 is 1.86 bits per heavy atom. The number of nitrogens with one attached hydrogen (secondary N) is 1. The summed E-state index contributed by atoms with van der Waals surface area (Å²) in [6.07, 6.45) is 1.43. The zero-order chi connectivity index (χ0) is 25.1. The Morgan fingerprint density at radius 1 is 1.11 bits per heavy atom. The predicted octanol–water partition coefficient (Wildman–Crippen LogP) is 5.16. The number of benzene rings is 3. The SMILES string of the molecule is O=C1NC(=S)N(c2cccc(C(=O)O)c2)C(=O)C1=Cc1cc(Br)ccc1OCc1ccc(I)cc1. The lowest BCUT2D eigenvalue weighted by atomic mass is 10.1. The normalized spacial score (nSPS) is 14.7. The second-order valence-corrected chi connectivity index (χ2v) is 9.96. The summed E-state index contributed by atoms with van der Waals surface area (Å²) in [6.45, 7) is 0.299. The van der Waals surface area contributed by atoms with E-state index in [0.717, 1.165) is 18.5 Å². The van der Waals surface area contributed by atoms with E-state index in [4.69, 9.17) is 17.0 Å². The van der Waals surface area contributed by atoms with Gasteiger partial charge in [0.2, 0.25) is 0 Å². The van der Waals surface area contributed by atoms with Crippen molar-refractivity contribution >= 4 is 85.4 Å². The van der Waals surface area contributed by atoms with E-state index in [1.54, 1.807) is 24.3 Å². The number of rotatable bonds is 6. The maximum atomic E-state index is 13.3. The zero-order valence-corrected chi connectivity index (χ0v) is 22.4. The molecule has 0 spiro atoms. The highest BCUT2D eigenvalue weighted by Gasteiger charge is 2.35. The molecule has 3 aromatic rings. The van der Waals surface area contributed by atoms with E-state index < -0.39 is 17.8 Å². The number of hydrogen-bond donors (Lipinski definition) is 2. The highest BCUT2D eigenvalue weighted by atomic mass is 127. The molecule has 1 heterocycles. The van der Waals surface area contributed by atoms with E-state index >= 15 is 0 Å². The van der Waals surface area contributed by atoms with Crippen molar-refractivity contribution in [1.82, 2.24) is 5.32 Å². The van der Waals surface area contributed by atoms with E-state index in [9.17, 15) is 19.5 Å². The van der Waals surface area contributed by atoms with Crippen molar-refractivity contribution in [2.45, 2.75) is 6.61 Å². The lowest BCUT2D eigenvalue weighted by Gasteiger charge is -2.29. The summed E-state index contributed by atoms with van der Waals surface area (Å²) in [5, 5.41) is 11.7. The summed E-state index contributed by atoms with van der Waals surface area (Å²) < 4.78 is 7.83. The summed E-state index contributed by atoms with van der Waals surface area (Å²) in [4.78, 5) is 38.5. The predicted molar refractivity (Wildman–Crippen MR) is 147 cm³/mol. The van der Waals surface area contributed by atoms with Gasteiger partial charge in [0.1, 0.15) is 17.9 Å². The van der Waals surface area contributed by atoms with Crippen molar-refractivity contribution in [1.29, 1.82) is 0 Å². The van der Waals surface area contributed by atoms with Crippen molar-refractivity contribution in [2.24, 2.45) is 0 Å². The fourth-order valence-electron chi connectivity index (χ4n) is 3.33. The Morgan fingerprint density at radius 3 is 2.57 bits per heavy atom. The first kappa shape index (κ1) is 25.0. The van der Waals surface area contributed by atoms with E-state index in [0.29, 0.717) is 17.9 Å². The molecule has 3 aromatic carbocycles. The largest absolute Gasteiger partial charge is 0.488 e. The molecule has 1 aliphatic heterocycles. The maximum Gasteiger partial charge on any atom is 0.335 e. The second kappa shape index (κ2) is 10.7. The summed E-state index contributed by atoms with van der Waals surface area (Å²) >= 11 is 10.9. The number of carboxylic acid groups (broad SMARTS) is 1. The molecule has 0 aliphatic carbocycles. The van der Waals surface area contributed by atoms with Gasteiger partial charge in [0.05, 0.1) is 11.3 Å². The molecular weight excluding hydrogens is 647 g/mol. The van der Waals surface area contributed by atoms with Crippen molar-refractivity contribution in [3.63, 3.8) is 0 Å². The Balaban J connectivity index is 1.68. The summed E-state index contributed by atoms with van der Waals surface area (Å²) in [7, 11) is 0. The topological polar surface area (TPSA) is 95.9 Å². The zero-order valence-electron chi connectivity index (χ0n) is 17.8. The lowest BCUT2D eigenvalue weighted by Crippen LogP contribution is -2.54. The molecule has 176 valence electrons. The third-order valence-corrected chi connectivity index (χ3v) is 6.53. The first-order valence-electron chi connectivity index (χ1n) is 10.1. The van der Waals surface area contributed by atoms with E-state index in [1.807, 2.05) is 24.3 Å². The van der Waals surface area contributed by atoms with Crippen LogP contribution in [0.1, 0.15) is 21.5 Å². The number of carbonyl (C=O) groups excluding carboxylic acids is 2. The minimum Gasteiger partial charge on any atom is -0.488 e. The van der Waals surface area contributed by atoms with E-state index in [-0.39, 0.29) is 21.9 Å². The molecule has 1 fully saturated rings. The van der Waals surface area contributed by atoms with Crippen LogP contribution in [0.2, 0.25) is 0 Å². The Kier molecular flexibility index (Phi) is 7.63. The maximum absolute atomic E-state index is 13.3. The molecule has 2 amide bonds. The van der Waals surface area contributed by atoms with Crippen LogP contribution in [0.5, 0.6) is 5.75 Å². The Hall–Kier alpha value is -3.09. The number of halogens is 2. The third-order valence-electron chi connectivity index (χ3n) is 5.03. The molecule has 0 radical (unpaired) electrons. The van der Waals surface area contributed by atoms with Crippen LogP contribution in [0.15, 0.2) is 76.8 Å². The van der Waals surface area contributed by atoms with Crippen molar-refractivity contribution in [3.8, 4) is 5.75 Å². The summed E-state index contributed by atoms with van der Waals surface area (Å²) in [5.41, 5.74) is 1.52. The number of ether oxygens (including phenoxy) is 1. The fraction of sp³-hybridized carbons (Fsp3) is 0.0400. The van der Waals surface area contributed by atoms with Crippen molar-refractivity contribution in [2.75, 3.05) is 4.90 Å². The minimum absolute atomic E-state index is 0.0150. The molecule has 7 nitrogen and oxygen atoms in total. The van der Waals surface area contributed by atoms with Crippen molar-refractivity contribution in [3.05, 3.63) is 97.0 Å². The van der Waals surface area contributed by atoms with Gasteiger partial charge in [0.15, 0.2) is 5.11 Å². The number of anilines is 1. The van der Waals surface area contributed by atoms with E-state index in [1.165, 1.54) is 24.3 Å². The van der Waals surface area contributed by atoms with Crippen LogP contribution in [-0.4, -0.2) is 28.0 Å². The van der Waals surface area contributed by atoms with Gasteiger partial charge in [-0.3, -0.25) is 19.8 Å². The van der Waals surface area contributed by atoms with Gasteiger partial charge in [0, 0.05) is 13.6 Å². The number of thiocarbonyl (C=S) groups is 1. The number of amides is 2. The molecule has 0 bridgehead atoms. The van der Waals surface area contributed by atoms with Gasteiger partial charge in [-0.1, -0.05) is 34.1 Å². The number of hydrogen-bond acceptors (Lipinski definition) is 5. The molecule has 1 saturated heterocycles. The number of aromatic carboxylic acids is 1. The van der Waals surface area contributed by atoms with Crippen LogP contribution in [0.25, 0.3) is 6.08 Å². The molecule has 0 saturated carbocycles. The average molecular weight is 663 g/mol. The molecule has 1 aliphatic rings. The Labute approximate surface area is 228 Å². The van der Waals surface area contributed by atoms with Crippen LogP contribution < -0.4 is 15.0 Å². The molecular formula is C25H16BrIN2O5S. The van der Waals surface area contributed by atoms with Gasteiger partial charge in [-0.25, -0.2) is 4.79 Å². The second-order valence-electron chi connectivity index (χ2n) is 7.41. The third kappa shape index (κ3) is 5.77. The molecule has 0 atom stereocenters. The van der Waals surface area contributed by atoms with Gasteiger partial charge in [0.25, 0.3) is 11.8 Å². The van der Waals surface area contributed by atoms with Gasteiger partial charge in [-0.15, -0.1) is 0 Å². The quantitative estimate of drug-likeness (QED) is 0.164. The first-order valence-corrected chi connectivity index (χ1v) is 12.4. The number of carboxylic acids is 1.